The summed E-state index contributed by atoms with van der Waals surface area (Å²) in [4.78, 5) is 35.8. The lowest BCUT2D eigenvalue weighted by atomic mass is 9.98. The summed E-state index contributed by atoms with van der Waals surface area (Å²) in [5.41, 5.74) is 5.03. The van der Waals surface area contributed by atoms with E-state index in [4.69, 9.17) is 4.74 Å². The first-order valence-corrected chi connectivity index (χ1v) is 12.3. The second-order valence-corrected chi connectivity index (χ2v) is 9.20. The van der Waals surface area contributed by atoms with E-state index in [-0.39, 0.29) is 18.3 Å². The average Bonchev–Trinajstić information content (AvgIpc) is 3.42. The number of carbonyl (C=O) groups excluding carboxylic acids is 2. The Hall–Kier alpha value is -3.79. The maximum Gasteiger partial charge on any atom is 0.407 e. The van der Waals surface area contributed by atoms with E-state index < -0.39 is 24.0 Å². The van der Waals surface area contributed by atoms with Crippen molar-refractivity contribution in [3.05, 3.63) is 77.6 Å². The van der Waals surface area contributed by atoms with Crippen molar-refractivity contribution in [3.63, 3.8) is 0 Å². The Bertz CT molecular complexity index is 1180. The largest absolute Gasteiger partial charge is 0.479 e. The van der Waals surface area contributed by atoms with Crippen LogP contribution in [0.5, 0.6) is 0 Å². The van der Waals surface area contributed by atoms with Crippen molar-refractivity contribution in [2.75, 3.05) is 24.7 Å². The van der Waals surface area contributed by atoms with Crippen molar-refractivity contribution < 1.29 is 24.2 Å². The molecule has 0 saturated heterocycles. The van der Waals surface area contributed by atoms with Gasteiger partial charge >= 0.3 is 12.1 Å². The summed E-state index contributed by atoms with van der Waals surface area (Å²) in [7, 11) is 1.67. The minimum Gasteiger partial charge on any atom is -0.479 e. The molecule has 2 amide bonds. The van der Waals surface area contributed by atoms with Gasteiger partial charge in [0.15, 0.2) is 6.04 Å². The Kier molecular flexibility index (Phi) is 7.71. The van der Waals surface area contributed by atoms with E-state index >= 15 is 0 Å². The van der Waals surface area contributed by atoms with Gasteiger partial charge in [0.05, 0.1) is 11.9 Å². The molecule has 0 saturated carbocycles. The fraction of sp³-hybridized carbons (Fsp3) is 0.280. The van der Waals surface area contributed by atoms with Crippen LogP contribution in [0.2, 0.25) is 0 Å². The Morgan fingerprint density at radius 3 is 2.37 bits per heavy atom. The van der Waals surface area contributed by atoms with Gasteiger partial charge in [-0.3, -0.25) is 9.48 Å². The molecule has 0 fully saturated rings. The summed E-state index contributed by atoms with van der Waals surface area (Å²) in [5, 5.41) is 18.5. The van der Waals surface area contributed by atoms with Gasteiger partial charge in [0.25, 0.3) is 0 Å². The Morgan fingerprint density at radius 2 is 1.77 bits per heavy atom. The standard InChI is InChI=1S/C25H26N4O5S/c1-29-13-16(12-27-29)23(24(31)32)28-22(30)15-35-11-10-26-25(33)34-14-21-19-8-4-2-6-17(19)18-7-3-5-9-20(18)21/h2-9,12-13,21,23H,10-11,14-15H2,1H3,(H,26,33)(H,28,30)(H,31,32). The van der Waals surface area contributed by atoms with Gasteiger partial charge < -0.3 is 20.5 Å². The molecule has 1 unspecified atom stereocenters. The van der Waals surface area contributed by atoms with E-state index in [2.05, 4.69) is 40.0 Å². The topological polar surface area (TPSA) is 123 Å². The number of aryl methyl sites for hydroxylation is 1. The maximum atomic E-state index is 12.2. The van der Waals surface area contributed by atoms with Crippen molar-refractivity contribution in [1.29, 1.82) is 0 Å². The van der Waals surface area contributed by atoms with Crippen LogP contribution in [-0.4, -0.2) is 57.5 Å². The number of carbonyl (C=O) groups is 3. The van der Waals surface area contributed by atoms with Crippen molar-refractivity contribution in [2.24, 2.45) is 7.05 Å². The Morgan fingerprint density at radius 1 is 1.11 bits per heavy atom. The third-order valence-corrected chi connectivity index (χ3v) is 6.66. The van der Waals surface area contributed by atoms with Crippen molar-refractivity contribution >= 4 is 29.7 Å². The fourth-order valence-electron chi connectivity index (χ4n) is 4.12. The minimum absolute atomic E-state index is 0.00628. The summed E-state index contributed by atoms with van der Waals surface area (Å²) in [6.45, 7) is 0.555. The highest BCUT2D eigenvalue weighted by Crippen LogP contribution is 2.44. The van der Waals surface area contributed by atoms with Crippen LogP contribution in [0.25, 0.3) is 11.1 Å². The molecule has 10 heteroatoms. The summed E-state index contributed by atoms with van der Waals surface area (Å²) < 4.78 is 6.96. The first-order chi connectivity index (χ1) is 16.9. The molecule has 3 N–H and O–H groups in total. The molecule has 2 aromatic carbocycles. The number of carboxylic acids is 1. The zero-order chi connectivity index (χ0) is 24.8. The number of nitrogens with zero attached hydrogens (tertiary/aromatic N) is 2. The van der Waals surface area contributed by atoms with Gasteiger partial charge in [0.1, 0.15) is 6.61 Å². The molecule has 1 aliphatic rings. The molecular formula is C25H26N4O5S. The molecule has 1 heterocycles. The monoisotopic (exact) mass is 494 g/mol. The second kappa shape index (κ2) is 11.1. The van der Waals surface area contributed by atoms with Crippen molar-refractivity contribution in [2.45, 2.75) is 12.0 Å². The lowest BCUT2D eigenvalue weighted by Gasteiger charge is -2.14. The number of aliphatic carboxylic acids is 1. The Balaban J connectivity index is 1.17. The number of hydrogen-bond acceptors (Lipinski definition) is 6. The first-order valence-electron chi connectivity index (χ1n) is 11.1. The van der Waals surface area contributed by atoms with Crippen LogP contribution in [0.4, 0.5) is 4.79 Å². The number of carboxylic acid groups (broad SMARTS) is 1. The predicted molar refractivity (Wildman–Crippen MR) is 132 cm³/mol. The third kappa shape index (κ3) is 5.83. The number of nitrogens with one attached hydrogen (secondary N) is 2. The molecule has 0 radical (unpaired) electrons. The minimum atomic E-state index is -1.16. The van der Waals surface area contributed by atoms with Crippen LogP contribution >= 0.6 is 11.8 Å². The number of amides is 2. The number of ether oxygens (including phenoxy) is 1. The molecular weight excluding hydrogens is 468 g/mol. The highest BCUT2D eigenvalue weighted by atomic mass is 32.2. The van der Waals surface area contributed by atoms with Gasteiger partial charge in [0, 0.05) is 37.0 Å². The molecule has 182 valence electrons. The first kappa shape index (κ1) is 24.3. The van der Waals surface area contributed by atoms with E-state index in [1.165, 1.54) is 33.8 Å². The second-order valence-electron chi connectivity index (χ2n) is 8.09. The fourth-order valence-corrected chi connectivity index (χ4v) is 4.78. The zero-order valence-electron chi connectivity index (χ0n) is 19.1. The Labute approximate surface area is 206 Å². The lowest BCUT2D eigenvalue weighted by molar-refractivity contribution is -0.141. The van der Waals surface area contributed by atoms with Gasteiger partial charge in [-0.2, -0.15) is 16.9 Å². The van der Waals surface area contributed by atoms with Gasteiger partial charge in [-0.1, -0.05) is 48.5 Å². The lowest BCUT2D eigenvalue weighted by Crippen LogP contribution is -2.35. The van der Waals surface area contributed by atoms with E-state index in [0.717, 1.165) is 11.1 Å². The summed E-state index contributed by atoms with van der Waals surface area (Å²) >= 11 is 1.29. The molecule has 1 aliphatic carbocycles. The SMILES string of the molecule is Cn1cc(C(NC(=O)CSCCNC(=O)OCC2c3ccccc3-c3ccccc32)C(=O)O)cn1. The third-order valence-electron chi connectivity index (χ3n) is 5.70. The average molecular weight is 495 g/mol. The molecule has 35 heavy (non-hydrogen) atoms. The normalized spacial score (nSPS) is 12.9. The summed E-state index contributed by atoms with van der Waals surface area (Å²) in [6, 6.07) is 15.1. The number of fused-ring (bicyclic) bond motifs is 3. The number of aromatic nitrogens is 2. The number of thioether (sulfide) groups is 1. The van der Waals surface area contributed by atoms with Crippen LogP contribution in [-0.2, 0) is 21.4 Å². The van der Waals surface area contributed by atoms with Crippen LogP contribution < -0.4 is 10.6 Å². The molecule has 3 aromatic rings. The number of alkyl carbamates (subject to hydrolysis) is 1. The smallest absolute Gasteiger partial charge is 0.407 e. The van der Waals surface area contributed by atoms with Gasteiger partial charge in [-0.25, -0.2) is 9.59 Å². The molecule has 9 nitrogen and oxygen atoms in total. The van der Waals surface area contributed by atoms with Crippen LogP contribution in [0.1, 0.15) is 28.7 Å². The highest BCUT2D eigenvalue weighted by Gasteiger charge is 2.29. The van der Waals surface area contributed by atoms with Crippen LogP contribution in [0.15, 0.2) is 60.9 Å². The molecule has 1 aromatic heterocycles. The number of rotatable bonds is 10. The molecule has 0 bridgehead atoms. The van der Waals surface area contributed by atoms with Crippen LogP contribution in [0, 0.1) is 0 Å². The van der Waals surface area contributed by atoms with E-state index in [9.17, 15) is 19.5 Å². The van der Waals surface area contributed by atoms with Gasteiger partial charge in [0.2, 0.25) is 5.91 Å². The molecule has 0 aliphatic heterocycles. The maximum absolute atomic E-state index is 12.2. The van der Waals surface area contributed by atoms with Gasteiger partial charge in [-0.15, -0.1) is 0 Å². The number of benzene rings is 2. The van der Waals surface area contributed by atoms with Crippen molar-refractivity contribution in [1.82, 2.24) is 20.4 Å². The van der Waals surface area contributed by atoms with Crippen molar-refractivity contribution in [3.8, 4) is 11.1 Å². The molecule has 0 spiro atoms. The molecule has 1 atom stereocenters. The zero-order valence-corrected chi connectivity index (χ0v) is 20.0. The molecule has 4 rings (SSSR count). The number of hydrogen-bond donors (Lipinski definition) is 3. The summed E-state index contributed by atoms with van der Waals surface area (Å²) in [6.07, 6.45) is 2.44. The van der Waals surface area contributed by atoms with Gasteiger partial charge in [-0.05, 0) is 22.3 Å². The summed E-state index contributed by atoms with van der Waals surface area (Å²) in [5.74, 6) is -1.03. The van der Waals surface area contributed by atoms with E-state index in [1.807, 2.05) is 24.3 Å². The van der Waals surface area contributed by atoms with Crippen LogP contribution in [0.3, 0.4) is 0 Å². The predicted octanol–water partition coefficient (Wildman–Crippen LogP) is 2.93. The van der Waals surface area contributed by atoms with E-state index in [1.54, 1.807) is 13.2 Å². The highest BCUT2D eigenvalue weighted by molar-refractivity contribution is 7.99. The quantitative estimate of drug-likeness (QED) is 0.370. The van der Waals surface area contributed by atoms with E-state index in [0.29, 0.717) is 17.9 Å².